The third-order valence-corrected chi connectivity index (χ3v) is 6.40. The zero-order chi connectivity index (χ0) is 25.3. The Morgan fingerprint density at radius 2 is 2.03 bits per heavy atom. The van der Waals surface area contributed by atoms with Gasteiger partial charge in [-0.25, -0.2) is 19.4 Å². The first-order valence-corrected chi connectivity index (χ1v) is 11.8. The van der Waals surface area contributed by atoms with Crippen LogP contribution in [0.2, 0.25) is 0 Å². The third kappa shape index (κ3) is 4.87. The average molecular weight is 477 g/mol. The number of rotatable bonds is 4. The Bertz CT molecular complexity index is 1340. The first kappa shape index (κ1) is 24.3. The predicted molar refractivity (Wildman–Crippen MR) is 136 cm³/mol. The number of pyridine rings is 1. The van der Waals surface area contributed by atoms with Gasteiger partial charge in [-0.1, -0.05) is 24.3 Å². The highest BCUT2D eigenvalue weighted by Gasteiger charge is 2.31. The van der Waals surface area contributed by atoms with Crippen LogP contribution in [-0.2, 0) is 18.3 Å². The smallest absolute Gasteiger partial charge is 0.410 e. The number of para-hydroxylation sites is 1. The van der Waals surface area contributed by atoms with E-state index in [1.165, 1.54) is 0 Å². The third-order valence-electron chi connectivity index (χ3n) is 6.40. The van der Waals surface area contributed by atoms with E-state index in [9.17, 15) is 9.59 Å². The summed E-state index contributed by atoms with van der Waals surface area (Å²) < 4.78 is 8.82. The van der Waals surface area contributed by atoms with E-state index < -0.39 is 5.60 Å². The molecule has 9 heteroatoms. The number of hydrogen-bond acceptors (Lipinski definition) is 5. The van der Waals surface area contributed by atoms with Gasteiger partial charge in [0.2, 0.25) is 0 Å². The van der Waals surface area contributed by atoms with Crippen molar-refractivity contribution in [2.24, 2.45) is 7.05 Å². The molecule has 35 heavy (non-hydrogen) atoms. The molecule has 3 heterocycles. The number of nitrogens with zero attached hydrogens (tertiary/aromatic N) is 6. The van der Waals surface area contributed by atoms with Crippen LogP contribution in [0.4, 0.5) is 16.2 Å². The number of piperidine rings is 1. The van der Waals surface area contributed by atoms with E-state index in [0.29, 0.717) is 17.9 Å². The molecule has 1 atom stereocenters. The van der Waals surface area contributed by atoms with Crippen LogP contribution >= 0.6 is 0 Å². The normalized spacial score (nSPS) is 16.2. The standard InChI is InChI=1S/C26H32N6O3/c1-26(2,3)35-25(34)29(5)19-11-9-15-31(17-19)21-13-14-28-23-22(21)32(24(33)30(23)6)16-18-10-7-8-12-20(18)27-4/h7-8,10,12-14,19H,9,11,15-17H2,1-3,5-6H3/t19-/m1/s1. The van der Waals surface area contributed by atoms with Crippen molar-refractivity contribution in [3.05, 3.63) is 64.0 Å². The van der Waals surface area contributed by atoms with Gasteiger partial charge in [0.1, 0.15) is 11.1 Å². The molecule has 0 spiro atoms. The number of likely N-dealkylation sites (N-methyl/N-ethyl adjacent to an activating group) is 1. The van der Waals surface area contributed by atoms with Crippen molar-refractivity contribution >= 4 is 28.6 Å². The molecule has 1 saturated heterocycles. The molecule has 1 aliphatic heterocycles. The minimum atomic E-state index is -0.557. The lowest BCUT2D eigenvalue weighted by molar-refractivity contribution is 0.0210. The number of aryl methyl sites for hydroxylation is 1. The Balaban J connectivity index is 1.71. The molecular formula is C26H32N6O3. The number of carbonyl (C=O) groups excluding carboxylic acids is 1. The minimum Gasteiger partial charge on any atom is -0.444 e. The van der Waals surface area contributed by atoms with Crippen molar-refractivity contribution in [2.75, 3.05) is 25.0 Å². The fraction of sp³-hybridized carbons (Fsp3) is 0.462. The summed E-state index contributed by atoms with van der Waals surface area (Å²) in [6.45, 7) is 14.8. The summed E-state index contributed by atoms with van der Waals surface area (Å²) >= 11 is 0. The zero-order valence-corrected chi connectivity index (χ0v) is 21.0. The molecule has 1 fully saturated rings. The van der Waals surface area contributed by atoms with Crippen molar-refractivity contribution < 1.29 is 9.53 Å². The lowest BCUT2D eigenvalue weighted by Gasteiger charge is -2.39. The molecule has 0 N–H and O–H groups in total. The highest BCUT2D eigenvalue weighted by Crippen LogP contribution is 2.30. The fourth-order valence-electron chi connectivity index (χ4n) is 4.60. The molecule has 4 rings (SSSR count). The van der Waals surface area contributed by atoms with Crippen LogP contribution in [0.1, 0.15) is 39.2 Å². The SMILES string of the molecule is [C-]#[N+]c1ccccc1Cn1c(=O)n(C)c2nccc(N3CCC[C@@H](N(C)C(=O)OC(C)(C)C)C3)c21. The van der Waals surface area contributed by atoms with Gasteiger partial charge in [-0.05, 0) is 45.2 Å². The number of amides is 1. The molecule has 9 nitrogen and oxygen atoms in total. The quantitative estimate of drug-likeness (QED) is 0.528. The van der Waals surface area contributed by atoms with Crippen LogP contribution in [-0.4, -0.2) is 56.9 Å². The summed E-state index contributed by atoms with van der Waals surface area (Å²) in [5, 5.41) is 0. The molecule has 0 saturated carbocycles. The summed E-state index contributed by atoms with van der Waals surface area (Å²) in [4.78, 5) is 37.9. The van der Waals surface area contributed by atoms with Crippen molar-refractivity contribution in [2.45, 2.75) is 51.8 Å². The largest absolute Gasteiger partial charge is 0.444 e. The molecular weight excluding hydrogens is 444 g/mol. The summed E-state index contributed by atoms with van der Waals surface area (Å²) in [5.74, 6) is 0. The number of fused-ring (bicyclic) bond motifs is 1. The maximum atomic E-state index is 13.2. The first-order chi connectivity index (χ1) is 16.6. The molecule has 0 bridgehead atoms. The molecule has 2 aromatic heterocycles. The number of imidazole rings is 1. The van der Waals surface area contributed by atoms with Crippen LogP contribution < -0.4 is 10.6 Å². The number of aromatic nitrogens is 3. The Labute approximate surface area is 205 Å². The average Bonchev–Trinajstić information content (AvgIpc) is 3.08. The maximum Gasteiger partial charge on any atom is 0.410 e. The van der Waals surface area contributed by atoms with Gasteiger partial charge in [0.15, 0.2) is 11.3 Å². The lowest BCUT2D eigenvalue weighted by Crippen LogP contribution is -2.50. The van der Waals surface area contributed by atoms with Crippen LogP contribution in [0.5, 0.6) is 0 Å². The van der Waals surface area contributed by atoms with Crippen LogP contribution in [0.3, 0.4) is 0 Å². The van der Waals surface area contributed by atoms with Crippen LogP contribution in [0, 0.1) is 6.57 Å². The Morgan fingerprint density at radius 3 is 2.74 bits per heavy atom. The second-order valence-electron chi connectivity index (χ2n) is 10.0. The summed E-state index contributed by atoms with van der Waals surface area (Å²) in [5.41, 5.74) is 2.80. The van der Waals surface area contributed by atoms with Gasteiger partial charge in [0.25, 0.3) is 0 Å². The van der Waals surface area contributed by atoms with Gasteiger partial charge in [-0.2, -0.15) is 0 Å². The van der Waals surface area contributed by atoms with E-state index in [1.807, 2.05) is 45.0 Å². The lowest BCUT2D eigenvalue weighted by atomic mass is 10.0. The van der Waals surface area contributed by atoms with Crippen LogP contribution in [0.15, 0.2) is 41.3 Å². The molecule has 1 aliphatic rings. The highest BCUT2D eigenvalue weighted by atomic mass is 16.6. The summed E-state index contributed by atoms with van der Waals surface area (Å²) in [6, 6.07) is 9.25. The van der Waals surface area contributed by atoms with Gasteiger partial charge in [-0.15, -0.1) is 0 Å². The number of benzene rings is 1. The van der Waals surface area contributed by atoms with E-state index in [4.69, 9.17) is 11.3 Å². The van der Waals surface area contributed by atoms with E-state index in [-0.39, 0.29) is 24.4 Å². The van der Waals surface area contributed by atoms with E-state index in [2.05, 4.69) is 14.7 Å². The molecule has 0 radical (unpaired) electrons. The van der Waals surface area contributed by atoms with Gasteiger partial charge >= 0.3 is 11.8 Å². The summed E-state index contributed by atoms with van der Waals surface area (Å²) in [6.07, 6.45) is 3.16. The maximum absolute atomic E-state index is 13.2. The van der Waals surface area contributed by atoms with Gasteiger partial charge < -0.3 is 14.5 Å². The molecule has 1 amide bonds. The Hall–Kier alpha value is -3.80. The van der Waals surface area contributed by atoms with E-state index in [0.717, 1.165) is 36.2 Å². The van der Waals surface area contributed by atoms with Crippen molar-refractivity contribution in [3.8, 4) is 0 Å². The molecule has 3 aromatic rings. The van der Waals surface area contributed by atoms with E-state index in [1.54, 1.807) is 40.4 Å². The van der Waals surface area contributed by atoms with Gasteiger partial charge in [0.05, 0.1) is 18.3 Å². The Morgan fingerprint density at radius 1 is 1.29 bits per heavy atom. The molecule has 0 unspecified atom stereocenters. The molecule has 0 aliphatic carbocycles. The first-order valence-electron chi connectivity index (χ1n) is 11.8. The zero-order valence-electron chi connectivity index (χ0n) is 21.0. The number of anilines is 1. The molecule has 184 valence electrons. The van der Waals surface area contributed by atoms with Crippen molar-refractivity contribution in [3.63, 3.8) is 0 Å². The predicted octanol–water partition coefficient (Wildman–Crippen LogP) is 4.17. The Kier molecular flexibility index (Phi) is 6.57. The second-order valence-corrected chi connectivity index (χ2v) is 10.0. The topological polar surface area (TPSA) is 77.0 Å². The monoisotopic (exact) mass is 476 g/mol. The number of ether oxygens (including phenoxy) is 1. The number of carbonyl (C=O) groups is 1. The fourth-order valence-corrected chi connectivity index (χ4v) is 4.60. The van der Waals surface area contributed by atoms with Crippen molar-refractivity contribution in [1.82, 2.24) is 19.0 Å². The van der Waals surface area contributed by atoms with Crippen LogP contribution in [0.25, 0.3) is 16.0 Å². The number of hydrogen-bond donors (Lipinski definition) is 0. The molecule has 1 aromatic carbocycles. The second kappa shape index (κ2) is 9.45. The van der Waals surface area contributed by atoms with Crippen molar-refractivity contribution in [1.29, 1.82) is 0 Å². The van der Waals surface area contributed by atoms with E-state index >= 15 is 0 Å². The minimum absolute atomic E-state index is 0.0199. The van der Waals surface area contributed by atoms with Gasteiger partial charge in [0, 0.05) is 39.9 Å². The van der Waals surface area contributed by atoms with Gasteiger partial charge in [-0.3, -0.25) is 9.13 Å². The summed E-state index contributed by atoms with van der Waals surface area (Å²) in [7, 11) is 3.50. The highest BCUT2D eigenvalue weighted by molar-refractivity contribution is 5.87.